The number of benzene rings is 2. The molecule has 2 aromatic heterocycles. The van der Waals surface area contributed by atoms with Gasteiger partial charge in [0.2, 0.25) is 11.8 Å². The number of hydrogen-bond acceptors (Lipinski definition) is 8. The lowest BCUT2D eigenvalue weighted by Crippen LogP contribution is -2.53. The molecule has 1 saturated carbocycles. The summed E-state index contributed by atoms with van der Waals surface area (Å²) in [4.78, 5) is 69.3. The number of amides is 4. The fourth-order valence-electron chi connectivity index (χ4n) is 7.72. The number of methoxy groups -OCH3 is 2. The molecular formula is C41H52N8O6. The number of aromatic nitrogens is 4. The number of nitrogens with one attached hydrogen (secondary N) is 4. The van der Waals surface area contributed by atoms with Crippen LogP contribution in [-0.4, -0.2) is 86.7 Å². The van der Waals surface area contributed by atoms with E-state index in [2.05, 4.69) is 74.2 Å². The van der Waals surface area contributed by atoms with E-state index >= 15 is 0 Å². The minimum absolute atomic E-state index is 0.0911. The van der Waals surface area contributed by atoms with Gasteiger partial charge in [0.1, 0.15) is 17.7 Å². The van der Waals surface area contributed by atoms with Crippen molar-refractivity contribution in [3.05, 3.63) is 72.6 Å². The summed E-state index contributed by atoms with van der Waals surface area (Å²) in [6.07, 6.45) is 7.45. The van der Waals surface area contributed by atoms with Crippen molar-refractivity contribution in [2.75, 3.05) is 20.8 Å². The van der Waals surface area contributed by atoms with Gasteiger partial charge >= 0.3 is 12.2 Å². The first-order valence-corrected chi connectivity index (χ1v) is 19.1. The quantitative estimate of drug-likeness (QED) is 0.126. The summed E-state index contributed by atoms with van der Waals surface area (Å²) in [6.45, 7) is 8.11. The predicted molar refractivity (Wildman–Crippen MR) is 207 cm³/mol. The molecule has 0 radical (unpaired) electrons. The van der Waals surface area contributed by atoms with E-state index in [1.54, 1.807) is 6.20 Å². The molecule has 2 fully saturated rings. The molecule has 4 amide bonds. The van der Waals surface area contributed by atoms with E-state index in [9.17, 15) is 19.2 Å². The van der Waals surface area contributed by atoms with Crippen LogP contribution in [0.3, 0.4) is 0 Å². The number of hydrazine groups is 1. The van der Waals surface area contributed by atoms with Gasteiger partial charge in [0.05, 0.1) is 44.0 Å². The Hall–Kier alpha value is -5.66. The topological polar surface area (TPSA) is 175 Å². The fourth-order valence-corrected chi connectivity index (χ4v) is 7.72. The Kier molecular flexibility index (Phi) is 12.2. The van der Waals surface area contributed by atoms with Gasteiger partial charge in [-0.1, -0.05) is 75.2 Å². The third-order valence-electron chi connectivity index (χ3n) is 10.7. The summed E-state index contributed by atoms with van der Waals surface area (Å²) >= 11 is 0. The SMILES string of the molecule is COC(=O)N[C@H](C(=O)N1CCC[C@H]1c1ncc(-c2ccc(-c3ccc(-c4cnc([C@@H]5CCCC[C@@H]5C(=O)N(NC(=O)OC)C(C)C)[nH]4)cc3)cc2)[nH]1)C(C)C. The highest BCUT2D eigenvalue weighted by Gasteiger charge is 2.39. The second kappa shape index (κ2) is 17.2. The van der Waals surface area contributed by atoms with Crippen molar-refractivity contribution >= 4 is 24.0 Å². The van der Waals surface area contributed by atoms with Gasteiger partial charge in [-0.05, 0) is 67.7 Å². The number of aromatic amines is 2. The zero-order valence-electron chi connectivity index (χ0n) is 32.4. The molecule has 4 N–H and O–H groups in total. The van der Waals surface area contributed by atoms with Crippen molar-refractivity contribution in [3.63, 3.8) is 0 Å². The van der Waals surface area contributed by atoms with E-state index in [0.717, 1.165) is 83.8 Å². The summed E-state index contributed by atoms with van der Waals surface area (Å²) in [5, 5.41) is 4.07. The number of rotatable bonds is 10. The average Bonchev–Trinajstić information content (AvgIpc) is 4.00. The van der Waals surface area contributed by atoms with Crippen LogP contribution in [0.1, 0.15) is 89.8 Å². The van der Waals surface area contributed by atoms with Gasteiger partial charge in [-0.15, -0.1) is 0 Å². The summed E-state index contributed by atoms with van der Waals surface area (Å²) in [6, 6.07) is 15.4. The number of H-pyrrole nitrogens is 2. The van der Waals surface area contributed by atoms with Crippen LogP contribution in [0, 0.1) is 11.8 Å². The predicted octanol–water partition coefficient (Wildman–Crippen LogP) is 6.96. The van der Waals surface area contributed by atoms with Gasteiger partial charge in [0.15, 0.2) is 0 Å². The Morgan fingerprint density at radius 3 is 1.85 bits per heavy atom. The Balaban J connectivity index is 1.11. The molecule has 292 valence electrons. The van der Waals surface area contributed by atoms with E-state index in [1.807, 2.05) is 38.8 Å². The highest BCUT2D eigenvalue weighted by Crippen LogP contribution is 2.39. The Labute approximate surface area is 321 Å². The summed E-state index contributed by atoms with van der Waals surface area (Å²) in [5.41, 5.74) is 8.40. The third kappa shape index (κ3) is 8.68. The second-order valence-corrected chi connectivity index (χ2v) is 15.0. The number of alkyl carbamates (subject to hydrolysis) is 1. The monoisotopic (exact) mass is 752 g/mol. The van der Waals surface area contributed by atoms with Crippen LogP contribution in [-0.2, 0) is 19.1 Å². The van der Waals surface area contributed by atoms with E-state index in [1.165, 1.54) is 19.2 Å². The molecule has 55 heavy (non-hydrogen) atoms. The Bertz CT molecular complexity index is 1950. The smallest absolute Gasteiger partial charge is 0.425 e. The molecule has 2 aromatic carbocycles. The first-order valence-electron chi connectivity index (χ1n) is 19.1. The largest absolute Gasteiger partial charge is 0.453 e. The molecule has 1 saturated heterocycles. The number of imidazole rings is 2. The van der Waals surface area contributed by atoms with Crippen molar-refractivity contribution in [3.8, 4) is 33.6 Å². The first kappa shape index (κ1) is 39.0. The molecule has 4 aromatic rings. The first-order chi connectivity index (χ1) is 26.5. The molecule has 4 atom stereocenters. The summed E-state index contributed by atoms with van der Waals surface area (Å²) < 4.78 is 9.51. The van der Waals surface area contributed by atoms with E-state index in [-0.39, 0.29) is 41.7 Å². The van der Waals surface area contributed by atoms with Crippen LogP contribution in [0.15, 0.2) is 60.9 Å². The van der Waals surface area contributed by atoms with Crippen LogP contribution in [0.5, 0.6) is 0 Å². The zero-order chi connectivity index (χ0) is 39.2. The Morgan fingerprint density at radius 1 is 0.745 bits per heavy atom. The highest BCUT2D eigenvalue weighted by atomic mass is 16.5. The lowest BCUT2D eigenvalue weighted by Gasteiger charge is -2.35. The van der Waals surface area contributed by atoms with Crippen LogP contribution in [0.25, 0.3) is 33.6 Å². The molecule has 0 unspecified atom stereocenters. The van der Waals surface area contributed by atoms with Crippen molar-refractivity contribution in [2.45, 2.75) is 90.3 Å². The standard InChI is InChI=1S/C41H52N8O6/c1-24(2)35(46-40(52)54-5)39(51)48-21-9-12-34(48)37-43-23-33(45-37)29-19-15-27(16-20-29)26-13-17-28(18-14-26)32-22-42-36(44-32)30-10-7-8-11-31(30)38(50)49(25(3)4)47-41(53)55-6/h13-20,22-25,30-31,34-35H,7-12,21H2,1-6H3,(H,42,44)(H,43,45)(H,46,52)(H,47,53)/t30-,31+,34+,35+/m1/s1. The third-order valence-corrected chi connectivity index (χ3v) is 10.7. The normalized spacial score (nSPS) is 18.9. The van der Waals surface area contributed by atoms with Gasteiger partial charge in [-0.25, -0.2) is 30.0 Å². The van der Waals surface area contributed by atoms with Crippen molar-refractivity contribution in [1.82, 2.24) is 40.6 Å². The number of likely N-dealkylation sites (tertiary alicyclic amines) is 1. The van der Waals surface area contributed by atoms with Gasteiger partial charge in [-0.2, -0.15) is 0 Å². The summed E-state index contributed by atoms with van der Waals surface area (Å²) in [5.74, 6) is 0.718. The number of carbonyl (C=O) groups is 4. The van der Waals surface area contributed by atoms with E-state index in [0.29, 0.717) is 6.54 Å². The molecule has 3 heterocycles. The lowest BCUT2D eigenvalue weighted by molar-refractivity contribution is -0.142. The maximum absolute atomic E-state index is 13.7. The van der Waals surface area contributed by atoms with Gasteiger partial charge in [-0.3, -0.25) is 9.59 Å². The lowest BCUT2D eigenvalue weighted by atomic mass is 9.78. The van der Waals surface area contributed by atoms with Crippen LogP contribution in [0.4, 0.5) is 9.59 Å². The molecule has 1 aliphatic heterocycles. The second-order valence-electron chi connectivity index (χ2n) is 15.0. The minimum Gasteiger partial charge on any atom is -0.453 e. The number of ether oxygens (including phenoxy) is 2. The molecule has 2 aliphatic rings. The van der Waals surface area contributed by atoms with Crippen molar-refractivity contribution < 1.29 is 28.7 Å². The molecule has 14 nitrogen and oxygen atoms in total. The van der Waals surface area contributed by atoms with Crippen molar-refractivity contribution in [2.24, 2.45) is 11.8 Å². The zero-order valence-corrected chi connectivity index (χ0v) is 32.4. The molecule has 14 heteroatoms. The number of carbonyl (C=O) groups excluding carboxylic acids is 4. The van der Waals surface area contributed by atoms with Gasteiger partial charge in [0.25, 0.3) is 0 Å². The molecular weight excluding hydrogens is 701 g/mol. The van der Waals surface area contributed by atoms with Gasteiger partial charge < -0.3 is 29.7 Å². The van der Waals surface area contributed by atoms with Crippen LogP contribution < -0.4 is 10.7 Å². The van der Waals surface area contributed by atoms with Crippen LogP contribution >= 0.6 is 0 Å². The van der Waals surface area contributed by atoms with Gasteiger partial charge in [0, 0.05) is 24.4 Å². The highest BCUT2D eigenvalue weighted by molar-refractivity contribution is 5.86. The maximum atomic E-state index is 13.7. The number of nitrogens with zero attached hydrogens (tertiary/aromatic N) is 4. The van der Waals surface area contributed by atoms with Crippen molar-refractivity contribution in [1.29, 1.82) is 0 Å². The summed E-state index contributed by atoms with van der Waals surface area (Å²) in [7, 11) is 2.57. The molecule has 1 aliphatic carbocycles. The molecule has 0 bridgehead atoms. The molecule has 6 rings (SSSR count). The van der Waals surface area contributed by atoms with Crippen LogP contribution in [0.2, 0.25) is 0 Å². The fraction of sp³-hybridized carbons (Fsp3) is 0.463. The average molecular weight is 753 g/mol. The minimum atomic E-state index is -0.687. The number of hydrogen-bond donors (Lipinski definition) is 4. The van der Waals surface area contributed by atoms with E-state index in [4.69, 9.17) is 14.5 Å². The molecule has 0 spiro atoms. The van der Waals surface area contributed by atoms with E-state index < -0.39 is 18.2 Å². The maximum Gasteiger partial charge on any atom is 0.425 e. The Morgan fingerprint density at radius 2 is 1.29 bits per heavy atom.